The number of carbonyl (C=O) groups excluding carboxylic acids is 1. The second-order valence-corrected chi connectivity index (χ2v) is 4.70. The standard InChI is InChI=1S/C13H18O3S/c1-15-8-9-17-10-12(13(14)16-2)11-6-4-3-5-7-11/h3-7,12H,8-10H2,1-2H3. The van der Waals surface area contributed by atoms with Crippen LogP contribution in [0, 0.1) is 0 Å². The number of rotatable bonds is 7. The Balaban J connectivity index is 2.59. The fourth-order valence-electron chi connectivity index (χ4n) is 1.47. The van der Waals surface area contributed by atoms with Gasteiger partial charge in [-0.2, -0.15) is 11.8 Å². The maximum Gasteiger partial charge on any atom is 0.313 e. The van der Waals surface area contributed by atoms with E-state index in [1.807, 2.05) is 30.3 Å². The molecule has 0 aliphatic heterocycles. The maximum atomic E-state index is 11.7. The molecule has 0 spiro atoms. The Morgan fingerprint density at radius 2 is 2.00 bits per heavy atom. The second-order valence-electron chi connectivity index (χ2n) is 3.55. The number of benzene rings is 1. The number of thioether (sulfide) groups is 1. The van der Waals surface area contributed by atoms with Crippen LogP contribution < -0.4 is 0 Å². The normalized spacial score (nSPS) is 12.1. The molecule has 0 saturated carbocycles. The zero-order valence-electron chi connectivity index (χ0n) is 10.2. The zero-order chi connectivity index (χ0) is 12.5. The summed E-state index contributed by atoms with van der Waals surface area (Å²) in [4.78, 5) is 11.7. The van der Waals surface area contributed by atoms with Crippen LogP contribution >= 0.6 is 11.8 Å². The third-order valence-electron chi connectivity index (χ3n) is 2.40. The minimum atomic E-state index is -0.192. The summed E-state index contributed by atoms with van der Waals surface area (Å²) in [6, 6.07) is 9.73. The molecule has 94 valence electrons. The molecule has 17 heavy (non-hydrogen) atoms. The highest BCUT2D eigenvalue weighted by molar-refractivity contribution is 7.99. The summed E-state index contributed by atoms with van der Waals surface area (Å²) >= 11 is 1.70. The third kappa shape index (κ3) is 4.79. The Hall–Kier alpha value is -1.00. The monoisotopic (exact) mass is 254 g/mol. The van der Waals surface area contributed by atoms with Crippen LogP contribution in [0.25, 0.3) is 0 Å². The van der Waals surface area contributed by atoms with Gasteiger partial charge in [0.15, 0.2) is 0 Å². The summed E-state index contributed by atoms with van der Waals surface area (Å²) in [6.45, 7) is 0.702. The Bertz CT molecular complexity index is 327. The lowest BCUT2D eigenvalue weighted by Crippen LogP contribution is -2.17. The van der Waals surface area contributed by atoms with Gasteiger partial charge >= 0.3 is 5.97 Å². The highest BCUT2D eigenvalue weighted by Crippen LogP contribution is 2.22. The van der Waals surface area contributed by atoms with Crippen molar-refractivity contribution in [2.45, 2.75) is 5.92 Å². The van der Waals surface area contributed by atoms with E-state index in [0.29, 0.717) is 6.61 Å². The molecule has 4 heteroatoms. The average Bonchev–Trinajstić information content (AvgIpc) is 2.39. The molecule has 0 aliphatic rings. The quantitative estimate of drug-likeness (QED) is 0.552. The fourth-order valence-corrected chi connectivity index (χ4v) is 2.49. The Morgan fingerprint density at radius 1 is 1.29 bits per heavy atom. The number of esters is 1. The first-order valence-corrected chi connectivity index (χ1v) is 6.64. The maximum absolute atomic E-state index is 11.7. The molecule has 0 fully saturated rings. The lowest BCUT2D eigenvalue weighted by Gasteiger charge is -2.14. The van der Waals surface area contributed by atoms with Crippen LogP contribution in [-0.4, -0.2) is 38.3 Å². The fraction of sp³-hybridized carbons (Fsp3) is 0.462. The first-order valence-electron chi connectivity index (χ1n) is 5.49. The van der Waals surface area contributed by atoms with E-state index in [0.717, 1.165) is 17.1 Å². The first kappa shape index (κ1) is 14.1. The molecule has 0 radical (unpaired) electrons. The van der Waals surface area contributed by atoms with E-state index in [9.17, 15) is 4.79 Å². The molecule has 3 nitrogen and oxygen atoms in total. The molecule has 1 aromatic rings. The van der Waals surface area contributed by atoms with E-state index in [1.54, 1.807) is 18.9 Å². The van der Waals surface area contributed by atoms with Crippen molar-refractivity contribution in [2.24, 2.45) is 0 Å². The first-order chi connectivity index (χ1) is 8.29. The van der Waals surface area contributed by atoms with E-state index >= 15 is 0 Å². The summed E-state index contributed by atoms with van der Waals surface area (Å²) in [5.74, 6) is 1.24. The minimum Gasteiger partial charge on any atom is -0.469 e. The topological polar surface area (TPSA) is 35.5 Å². The van der Waals surface area contributed by atoms with E-state index < -0.39 is 0 Å². The number of carbonyl (C=O) groups is 1. The molecule has 0 N–H and O–H groups in total. The number of hydrogen-bond donors (Lipinski definition) is 0. The van der Waals surface area contributed by atoms with Gasteiger partial charge in [0, 0.05) is 18.6 Å². The van der Waals surface area contributed by atoms with Gasteiger partial charge in [0.05, 0.1) is 19.6 Å². The average molecular weight is 254 g/mol. The predicted molar refractivity (Wildman–Crippen MR) is 70.4 cm³/mol. The van der Waals surface area contributed by atoms with E-state index in [4.69, 9.17) is 9.47 Å². The lowest BCUT2D eigenvalue weighted by atomic mass is 10.0. The Morgan fingerprint density at radius 3 is 2.59 bits per heavy atom. The molecule has 0 aliphatic carbocycles. The third-order valence-corrected chi connectivity index (χ3v) is 3.43. The molecule has 1 aromatic carbocycles. The van der Waals surface area contributed by atoms with Crippen molar-refractivity contribution in [3.63, 3.8) is 0 Å². The molecular formula is C13H18O3S. The van der Waals surface area contributed by atoms with Crippen molar-refractivity contribution < 1.29 is 14.3 Å². The smallest absolute Gasteiger partial charge is 0.313 e. The summed E-state index contributed by atoms with van der Waals surface area (Å²) in [5.41, 5.74) is 1.00. The Labute approximate surface area is 106 Å². The minimum absolute atomic E-state index is 0.180. The van der Waals surface area contributed by atoms with E-state index in [-0.39, 0.29) is 11.9 Å². The van der Waals surface area contributed by atoms with Gasteiger partial charge in [-0.15, -0.1) is 0 Å². The van der Waals surface area contributed by atoms with Crippen molar-refractivity contribution in [1.82, 2.24) is 0 Å². The van der Waals surface area contributed by atoms with Gasteiger partial charge in [-0.25, -0.2) is 0 Å². The van der Waals surface area contributed by atoms with Crippen LogP contribution in [0.4, 0.5) is 0 Å². The lowest BCUT2D eigenvalue weighted by molar-refractivity contribution is -0.141. The summed E-state index contributed by atoms with van der Waals surface area (Å²) < 4.78 is 9.82. The molecule has 0 heterocycles. The van der Waals surface area contributed by atoms with Crippen molar-refractivity contribution in [2.75, 3.05) is 32.3 Å². The summed E-state index contributed by atoms with van der Waals surface area (Å²) in [6.07, 6.45) is 0. The van der Waals surface area contributed by atoms with Crippen molar-refractivity contribution in [3.05, 3.63) is 35.9 Å². The summed E-state index contributed by atoms with van der Waals surface area (Å²) in [7, 11) is 3.10. The van der Waals surface area contributed by atoms with Crippen molar-refractivity contribution in [3.8, 4) is 0 Å². The van der Waals surface area contributed by atoms with Crippen LogP contribution in [-0.2, 0) is 14.3 Å². The molecule has 1 unspecified atom stereocenters. The van der Waals surface area contributed by atoms with Crippen LogP contribution in [0.1, 0.15) is 11.5 Å². The van der Waals surface area contributed by atoms with Gasteiger partial charge in [-0.05, 0) is 5.56 Å². The number of hydrogen-bond acceptors (Lipinski definition) is 4. The zero-order valence-corrected chi connectivity index (χ0v) is 11.0. The van der Waals surface area contributed by atoms with Crippen LogP contribution in [0.2, 0.25) is 0 Å². The molecule has 1 atom stereocenters. The summed E-state index contributed by atoms with van der Waals surface area (Å²) in [5, 5.41) is 0. The highest BCUT2D eigenvalue weighted by Gasteiger charge is 2.20. The van der Waals surface area contributed by atoms with Crippen LogP contribution in [0.15, 0.2) is 30.3 Å². The van der Waals surface area contributed by atoms with Gasteiger partial charge in [-0.3, -0.25) is 4.79 Å². The molecule has 1 rings (SSSR count). The Kier molecular flexibility index (Phi) is 6.74. The SMILES string of the molecule is COCCSCC(C(=O)OC)c1ccccc1. The largest absolute Gasteiger partial charge is 0.469 e. The van der Waals surface area contributed by atoms with Gasteiger partial charge in [0.1, 0.15) is 0 Å². The molecule has 0 amide bonds. The van der Waals surface area contributed by atoms with Crippen LogP contribution in [0.5, 0.6) is 0 Å². The van der Waals surface area contributed by atoms with Gasteiger partial charge < -0.3 is 9.47 Å². The van der Waals surface area contributed by atoms with E-state index in [1.165, 1.54) is 7.11 Å². The molecular weight excluding hydrogens is 236 g/mol. The highest BCUT2D eigenvalue weighted by atomic mass is 32.2. The van der Waals surface area contributed by atoms with Gasteiger partial charge in [0.2, 0.25) is 0 Å². The van der Waals surface area contributed by atoms with Crippen LogP contribution in [0.3, 0.4) is 0 Å². The van der Waals surface area contributed by atoms with Crippen molar-refractivity contribution >= 4 is 17.7 Å². The number of methoxy groups -OCH3 is 2. The van der Waals surface area contributed by atoms with Gasteiger partial charge in [0.25, 0.3) is 0 Å². The van der Waals surface area contributed by atoms with Gasteiger partial charge in [-0.1, -0.05) is 30.3 Å². The van der Waals surface area contributed by atoms with Crippen molar-refractivity contribution in [1.29, 1.82) is 0 Å². The van der Waals surface area contributed by atoms with E-state index in [2.05, 4.69) is 0 Å². The molecule has 0 aromatic heterocycles. The molecule has 0 saturated heterocycles. The molecule has 0 bridgehead atoms. The number of ether oxygens (including phenoxy) is 2. The predicted octanol–water partition coefficient (Wildman–Crippen LogP) is 2.32. The second kappa shape index (κ2) is 8.14.